The predicted octanol–water partition coefficient (Wildman–Crippen LogP) is 3.34. The van der Waals surface area contributed by atoms with E-state index in [1.165, 1.54) is 12.1 Å². The van der Waals surface area contributed by atoms with E-state index < -0.39 is 0 Å². The van der Waals surface area contributed by atoms with Crippen LogP contribution in [0.5, 0.6) is 0 Å². The van der Waals surface area contributed by atoms with E-state index in [4.69, 9.17) is 0 Å². The van der Waals surface area contributed by atoms with Crippen molar-refractivity contribution < 1.29 is 9.18 Å². The van der Waals surface area contributed by atoms with Crippen molar-refractivity contribution in [2.75, 3.05) is 6.54 Å². The molecule has 0 bridgehead atoms. The largest absolute Gasteiger partial charge is 0.351 e. The molecule has 2 aromatic rings. The van der Waals surface area contributed by atoms with Crippen LogP contribution in [0.15, 0.2) is 30.3 Å². The first-order valence-corrected chi connectivity index (χ1v) is 6.84. The number of rotatable bonds is 4. The first-order valence-electron chi connectivity index (χ1n) is 6.07. The summed E-state index contributed by atoms with van der Waals surface area (Å²) < 4.78 is 17.3. The van der Waals surface area contributed by atoms with E-state index in [1.807, 2.05) is 13.8 Å². The maximum absolute atomic E-state index is 13.1. The molecule has 1 aromatic heterocycles. The summed E-state index contributed by atoms with van der Waals surface area (Å²) in [4.78, 5) is 12.4. The van der Waals surface area contributed by atoms with Gasteiger partial charge in [0.1, 0.15) is 10.7 Å². The van der Waals surface area contributed by atoms with Gasteiger partial charge in [-0.15, -0.1) is 0 Å². The Morgan fingerprint density at radius 3 is 2.89 bits per heavy atom. The van der Waals surface area contributed by atoms with Gasteiger partial charge in [-0.1, -0.05) is 26.0 Å². The van der Waals surface area contributed by atoms with Gasteiger partial charge in [-0.25, -0.2) is 4.39 Å². The molecule has 3 nitrogen and oxygen atoms in total. The molecule has 5 heteroatoms. The third kappa shape index (κ3) is 3.61. The molecule has 0 atom stereocenters. The summed E-state index contributed by atoms with van der Waals surface area (Å²) in [6.45, 7) is 4.70. The number of carbonyl (C=O) groups is 1. The monoisotopic (exact) mass is 278 g/mol. The number of hydrogen-bond acceptors (Lipinski definition) is 3. The van der Waals surface area contributed by atoms with Crippen LogP contribution in [0, 0.1) is 11.7 Å². The first kappa shape index (κ1) is 13.7. The molecular weight excluding hydrogens is 263 g/mol. The lowest BCUT2D eigenvalue weighted by molar-refractivity contribution is 0.0953. The first-order chi connectivity index (χ1) is 9.06. The molecule has 0 saturated carbocycles. The molecule has 1 amide bonds. The number of halogens is 1. The van der Waals surface area contributed by atoms with Gasteiger partial charge in [-0.05, 0) is 35.6 Å². The van der Waals surface area contributed by atoms with Gasteiger partial charge in [0.05, 0.1) is 5.69 Å². The summed E-state index contributed by atoms with van der Waals surface area (Å²) in [6, 6.07) is 7.88. The van der Waals surface area contributed by atoms with Crippen LogP contribution in [0.2, 0.25) is 0 Å². The summed E-state index contributed by atoms with van der Waals surface area (Å²) in [6.07, 6.45) is 0. The SMILES string of the molecule is CC(C)CNC(=O)c1cc(-c2cccc(F)c2)ns1. The zero-order valence-electron chi connectivity index (χ0n) is 10.8. The minimum atomic E-state index is -0.309. The molecule has 2 rings (SSSR count). The van der Waals surface area contributed by atoms with E-state index in [2.05, 4.69) is 9.69 Å². The molecule has 1 aromatic carbocycles. The van der Waals surface area contributed by atoms with Crippen LogP contribution in [0.4, 0.5) is 4.39 Å². The Morgan fingerprint density at radius 1 is 1.42 bits per heavy atom. The third-order valence-corrected chi connectivity index (χ3v) is 3.31. The summed E-state index contributed by atoms with van der Waals surface area (Å²) in [7, 11) is 0. The molecular formula is C14H15FN2OS. The molecule has 19 heavy (non-hydrogen) atoms. The summed E-state index contributed by atoms with van der Waals surface area (Å²) in [5.41, 5.74) is 1.30. The molecule has 0 saturated heterocycles. The second-order valence-electron chi connectivity index (χ2n) is 4.69. The van der Waals surface area contributed by atoms with Crippen molar-refractivity contribution in [2.24, 2.45) is 5.92 Å². The van der Waals surface area contributed by atoms with Gasteiger partial charge in [0.25, 0.3) is 5.91 Å². The average molecular weight is 278 g/mol. The maximum Gasteiger partial charge on any atom is 0.263 e. The van der Waals surface area contributed by atoms with E-state index in [0.717, 1.165) is 11.5 Å². The lowest BCUT2D eigenvalue weighted by Crippen LogP contribution is -2.26. The Hall–Kier alpha value is -1.75. The third-order valence-electron chi connectivity index (χ3n) is 2.53. The van der Waals surface area contributed by atoms with Crippen LogP contribution in [0.3, 0.4) is 0 Å². The van der Waals surface area contributed by atoms with Crippen molar-refractivity contribution in [2.45, 2.75) is 13.8 Å². The minimum absolute atomic E-state index is 0.131. The fourth-order valence-electron chi connectivity index (χ4n) is 1.55. The van der Waals surface area contributed by atoms with Crippen molar-refractivity contribution in [1.29, 1.82) is 0 Å². The van der Waals surface area contributed by atoms with Crippen molar-refractivity contribution >= 4 is 17.4 Å². The van der Waals surface area contributed by atoms with Crippen LogP contribution in [-0.2, 0) is 0 Å². The van der Waals surface area contributed by atoms with E-state index >= 15 is 0 Å². The Labute approximate surface area is 115 Å². The highest BCUT2D eigenvalue weighted by atomic mass is 32.1. The van der Waals surface area contributed by atoms with Gasteiger partial charge in [0, 0.05) is 12.1 Å². The second kappa shape index (κ2) is 5.93. The molecule has 0 aliphatic carbocycles. The minimum Gasteiger partial charge on any atom is -0.351 e. The van der Waals surface area contributed by atoms with Crippen molar-refractivity contribution in [1.82, 2.24) is 9.69 Å². The van der Waals surface area contributed by atoms with Gasteiger partial charge in [0.15, 0.2) is 0 Å². The van der Waals surface area contributed by atoms with E-state index in [1.54, 1.807) is 18.2 Å². The fraction of sp³-hybridized carbons (Fsp3) is 0.286. The van der Waals surface area contributed by atoms with Crippen molar-refractivity contribution in [3.8, 4) is 11.3 Å². The van der Waals surface area contributed by atoms with Crippen LogP contribution in [-0.4, -0.2) is 16.8 Å². The molecule has 1 heterocycles. The molecule has 1 N–H and O–H groups in total. The van der Waals surface area contributed by atoms with E-state index in [0.29, 0.717) is 28.6 Å². The Morgan fingerprint density at radius 2 is 2.21 bits per heavy atom. The smallest absolute Gasteiger partial charge is 0.263 e. The second-order valence-corrected chi connectivity index (χ2v) is 5.50. The zero-order chi connectivity index (χ0) is 13.8. The zero-order valence-corrected chi connectivity index (χ0v) is 11.6. The van der Waals surface area contributed by atoms with Crippen LogP contribution < -0.4 is 5.32 Å². The lowest BCUT2D eigenvalue weighted by Gasteiger charge is -2.05. The van der Waals surface area contributed by atoms with Crippen molar-refractivity contribution in [3.05, 3.63) is 41.0 Å². The summed E-state index contributed by atoms with van der Waals surface area (Å²) in [5, 5.41) is 2.83. The van der Waals surface area contributed by atoms with Crippen LogP contribution in [0.1, 0.15) is 23.5 Å². The summed E-state index contributed by atoms with van der Waals surface area (Å²) >= 11 is 1.13. The molecule has 0 fully saturated rings. The molecule has 0 aliphatic heterocycles. The summed E-state index contributed by atoms with van der Waals surface area (Å²) in [5.74, 6) is -0.0373. The van der Waals surface area contributed by atoms with Gasteiger partial charge >= 0.3 is 0 Å². The lowest BCUT2D eigenvalue weighted by atomic mass is 10.1. The van der Waals surface area contributed by atoms with Gasteiger partial charge in [0.2, 0.25) is 0 Å². The number of hydrogen-bond donors (Lipinski definition) is 1. The molecule has 0 radical (unpaired) electrons. The van der Waals surface area contributed by atoms with E-state index in [-0.39, 0.29) is 11.7 Å². The number of carbonyl (C=O) groups excluding carboxylic acids is 1. The fourth-order valence-corrected chi connectivity index (χ4v) is 2.22. The Bertz CT molecular complexity index is 580. The molecule has 0 spiro atoms. The van der Waals surface area contributed by atoms with Crippen LogP contribution in [0.25, 0.3) is 11.3 Å². The highest BCUT2D eigenvalue weighted by molar-refractivity contribution is 7.08. The van der Waals surface area contributed by atoms with Gasteiger partial charge in [-0.3, -0.25) is 4.79 Å². The van der Waals surface area contributed by atoms with Gasteiger partial charge < -0.3 is 5.32 Å². The number of nitrogens with zero attached hydrogens (tertiary/aromatic N) is 1. The molecule has 0 aliphatic rings. The van der Waals surface area contributed by atoms with Crippen molar-refractivity contribution in [3.63, 3.8) is 0 Å². The Balaban J connectivity index is 2.13. The Kier molecular flexibility index (Phi) is 4.27. The molecule has 0 unspecified atom stereocenters. The number of aromatic nitrogens is 1. The number of benzene rings is 1. The predicted molar refractivity (Wildman–Crippen MR) is 74.7 cm³/mol. The highest BCUT2D eigenvalue weighted by Crippen LogP contribution is 2.22. The number of nitrogens with one attached hydrogen (secondary N) is 1. The normalized spacial score (nSPS) is 10.7. The number of amides is 1. The van der Waals surface area contributed by atoms with E-state index in [9.17, 15) is 9.18 Å². The quantitative estimate of drug-likeness (QED) is 0.932. The standard InChI is InChI=1S/C14H15FN2OS/c1-9(2)8-16-14(18)13-7-12(17-19-13)10-4-3-5-11(15)6-10/h3-7,9H,8H2,1-2H3,(H,16,18). The maximum atomic E-state index is 13.1. The molecule has 100 valence electrons. The van der Waals surface area contributed by atoms with Crippen LogP contribution >= 0.6 is 11.5 Å². The van der Waals surface area contributed by atoms with Gasteiger partial charge in [-0.2, -0.15) is 4.37 Å². The highest BCUT2D eigenvalue weighted by Gasteiger charge is 2.12. The average Bonchev–Trinajstić information content (AvgIpc) is 2.85. The topological polar surface area (TPSA) is 42.0 Å².